The Bertz CT molecular complexity index is 1290. The molecular weight excluding hydrogens is 422 g/mol. The van der Waals surface area contributed by atoms with E-state index in [1.807, 2.05) is 48.5 Å². The second-order valence-electron chi connectivity index (χ2n) is 8.12. The smallest absolute Gasteiger partial charge is 0.404 e. The standard InChI is InChI=1S/C23H23N7O3/c31-22(29-10-8-18(9-11-29)25-23(32)33)21-20(16-6-7-19-17(12-16)13-24-26-19)27-28-30(21)14-15-4-2-1-3-5-15/h1-7,12-13,18,25H,8-11,14H2,(H,24,26)(H,32,33). The summed E-state index contributed by atoms with van der Waals surface area (Å²) in [7, 11) is 0. The van der Waals surface area contributed by atoms with E-state index in [0.717, 1.165) is 22.0 Å². The van der Waals surface area contributed by atoms with Crippen molar-refractivity contribution in [2.45, 2.75) is 25.4 Å². The first-order valence-corrected chi connectivity index (χ1v) is 10.8. The zero-order valence-electron chi connectivity index (χ0n) is 17.8. The molecule has 168 valence electrons. The molecule has 0 atom stereocenters. The Morgan fingerprint density at radius 2 is 1.91 bits per heavy atom. The van der Waals surface area contributed by atoms with Crippen molar-refractivity contribution >= 4 is 22.9 Å². The van der Waals surface area contributed by atoms with Gasteiger partial charge in [-0.1, -0.05) is 41.6 Å². The van der Waals surface area contributed by atoms with Crippen LogP contribution < -0.4 is 5.32 Å². The third-order valence-corrected chi connectivity index (χ3v) is 5.94. The lowest BCUT2D eigenvalue weighted by Gasteiger charge is -2.32. The predicted molar refractivity (Wildman–Crippen MR) is 121 cm³/mol. The first kappa shape index (κ1) is 20.7. The van der Waals surface area contributed by atoms with E-state index in [1.165, 1.54) is 0 Å². The molecule has 1 aliphatic rings. The Hall–Kier alpha value is -4.21. The number of amides is 2. The van der Waals surface area contributed by atoms with Gasteiger partial charge in [-0.15, -0.1) is 5.10 Å². The van der Waals surface area contributed by atoms with Crippen molar-refractivity contribution in [1.82, 2.24) is 35.4 Å². The van der Waals surface area contributed by atoms with Gasteiger partial charge in [-0.05, 0) is 30.5 Å². The minimum absolute atomic E-state index is 0.151. The van der Waals surface area contributed by atoms with Crippen LogP contribution in [0.25, 0.3) is 22.2 Å². The zero-order chi connectivity index (χ0) is 22.8. The Morgan fingerprint density at radius 3 is 2.67 bits per heavy atom. The van der Waals surface area contributed by atoms with Crippen molar-refractivity contribution < 1.29 is 14.7 Å². The van der Waals surface area contributed by atoms with Crippen molar-refractivity contribution in [3.05, 3.63) is 66.0 Å². The van der Waals surface area contributed by atoms with Crippen LogP contribution in [0.5, 0.6) is 0 Å². The molecule has 10 nitrogen and oxygen atoms in total. The van der Waals surface area contributed by atoms with Gasteiger partial charge in [0, 0.05) is 30.1 Å². The summed E-state index contributed by atoms with van der Waals surface area (Å²) in [5, 5.41) is 28.1. The molecule has 1 fully saturated rings. The van der Waals surface area contributed by atoms with Gasteiger partial charge in [0.15, 0.2) is 5.69 Å². The molecule has 0 radical (unpaired) electrons. The van der Waals surface area contributed by atoms with E-state index in [1.54, 1.807) is 15.8 Å². The van der Waals surface area contributed by atoms with Crippen LogP contribution in [0.1, 0.15) is 28.9 Å². The molecule has 0 saturated carbocycles. The summed E-state index contributed by atoms with van der Waals surface area (Å²) in [5.74, 6) is -0.160. The van der Waals surface area contributed by atoms with Crippen LogP contribution in [0.4, 0.5) is 4.79 Å². The predicted octanol–water partition coefficient (Wildman–Crippen LogP) is 2.74. The van der Waals surface area contributed by atoms with Gasteiger partial charge in [0.25, 0.3) is 5.91 Å². The molecular formula is C23H23N7O3. The average Bonchev–Trinajstić information content (AvgIpc) is 3.46. The van der Waals surface area contributed by atoms with E-state index >= 15 is 0 Å². The van der Waals surface area contributed by atoms with Gasteiger partial charge in [0.05, 0.1) is 18.3 Å². The van der Waals surface area contributed by atoms with Crippen molar-refractivity contribution in [3.8, 4) is 11.3 Å². The second kappa shape index (κ2) is 8.73. The molecule has 4 aromatic rings. The number of nitrogens with zero attached hydrogens (tertiary/aromatic N) is 5. The minimum Gasteiger partial charge on any atom is -0.465 e. The van der Waals surface area contributed by atoms with Gasteiger partial charge in [-0.3, -0.25) is 9.89 Å². The maximum atomic E-state index is 13.7. The van der Waals surface area contributed by atoms with Crippen LogP contribution in [-0.2, 0) is 6.54 Å². The number of aromatic amines is 1. The lowest BCUT2D eigenvalue weighted by Crippen LogP contribution is -2.46. The van der Waals surface area contributed by atoms with Crippen molar-refractivity contribution in [2.24, 2.45) is 0 Å². The number of hydrogen-bond donors (Lipinski definition) is 3. The highest BCUT2D eigenvalue weighted by Gasteiger charge is 2.30. The Balaban J connectivity index is 1.48. The summed E-state index contributed by atoms with van der Waals surface area (Å²) >= 11 is 0. The Labute approximate surface area is 189 Å². The normalized spacial score (nSPS) is 14.5. The second-order valence-corrected chi connectivity index (χ2v) is 8.12. The molecule has 10 heteroatoms. The molecule has 3 heterocycles. The minimum atomic E-state index is -1.04. The first-order chi connectivity index (χ1) is 16.1. The van der Waals surface area contributed by atoms with E-state index < -0.39 is 6.09 Å². The van der Waals surface area contributed by atoms with E-state index in [0.29, 0.717) is 43.9 Å². The van der Waals surface area contributed by atoms with Gasteiger partial charge < -0.3 is 15.3 Å². The number of nitrogens with one attached hydrogen (secondary N) is 2. The van der Waals surface area contributed by atoms with Gasteiger partial charge in [0.1, 0.15) is 5.69 Å². The highest BCUT2D eigenvalue weighted by atomic mass is 16.4. The molecule has 5 rings (SSSR count). The van der Waals surface area contributed by atoms with Gasteiger partial charge in [-0.2, -0.15) is 5.10 Å². The fraction of sp³-hybridized carbons (Fsp3) is 0.261. The molecule has 33 heavy (non-hydrogen) atoms. The number of likely N-dealkylation sites (tertiary alicyclic amines) is 1. The third kappa shape index (κ3) is 4.27. The fourth-order valence-corrected chi connectivity index (χ4v) is 4.23. The summed E-state index contributed by atoms with van der Waals surface area (Å²) in [6.45, 7) is 1.33. The fourth-order valence-electron chi connectivity index (χ4n) is 4.23. The number of H-pyrrole nitrogens is 1. The number of carbonyl (C=O) groups excluding carboxylic acids is 1. The Kier molecular flexibility index (Phi) is 5.47. The van der Waals surface area contributed by atoms with E-state index in [9.17, 15) is 9.59 Å². The number of fused-ring (bicyclic) bond motifs is 1. The molecule has 0 spiro atoms. The third-order valence-electron chi connectivity index (χ3n) is 5.94. The van der Waals surface area contributed by atoms with Crippen LogP contribution in [-0.4, -0.2) is 66.3 Å². The lowest BCUT2D eigenvalue weighted by atomic mass is 10.0. The SMILES string of the molecule is O=C(O)NC1CCN(C(=O)c2c(-c3ccc4[nH]ncc4c3)nnn2Cc2ccccc2)CC1. The molecule has 0 unspecified atom stereocenters. The highest BCUT2D eigenvalue weighted by molar-refractivity contribution is 5.99. The van der Waals surface area contributed by atoms with Gasteiger partial charge in [-0.25, -0.2) is 9.48 Å². The van der Waals surface area contributed by atoms with Crippen LogP contribution in [0, 0.1) is 0 Å². The van der Waals surface area contributed by atoms with Gasteiger partial charge >= 0.3 is 6.09 Å². The maximum absolute atomic E-state index is 13.7. The van der Waals surface area contributed by atoms with Crippen molar-refractivity contribution in [1.29, 1.82) is 0 Å². The van der Waals surface area contributed by atoms with Crippen molar-refractivity contribution in [2.75, 3.05) is 13.1 Å². The molecule has 1 saturated heterocycles. The highest BCUT2D eigenvalue weighted by Crippen LogP contribution is 2.27. The van der Waals surface area contributed by atoms with Crippen LogP contribution in [0.15, 0.2) is 54.7 Å². The van der Waals surface area contributed by atoms with Crippen LogP contribution in [0.3, 0.4) is 0 Å². The van der Waals surface area contributed by atoms with E-state index in [4.69, 9.17) is 5.11 Å². The maximum Gasteiger partial charge on any atom is 0.404 e. The van der Waals surface area contributed by atoms with Crippen molar-refractivity contribution in [3.63, 3.8) is 0 Å². The van der Waals surface area contributed by atoms with Crippen LogP contribution in [0.2, 0.25) is 0 Å². The van der Waals surface area contributed by atoms with E-state index in [2.05, 4.69) is 25.8 Å². The molecule has 1 aliphatic heterocycles. The van der Waals surface area contributed by atoms with Gasteiger partial charge in [0.2, 0.25) is 0 Å². The zero-order valence-corrected chi connectivity index (χ0v) is 17.8. The molecule has 0 bridgehead atoms. The number of piperidine rings is 1. The lowest BCUT2D eigenvalue weighted by molar-refractivity contribution is 0.0694. The summed E-state index contributed by atoms with van der Waals surface area (Å²) in [6, 6.07) is 15.4. The molecule has 2 aromatic carbocycles. The molecule has 0 aliphatic carbocycles. The average molecular weight is 445 g/mol. The number of rotatable bonds is 5. The number of aromatic nitrogens is 5. The van der Waals surface area contributed by atoms with E-state index in [-0.39, 0.29) is 11.9 Å². The number of carbonyl (C=O) groups is 2. The summed E-state index contributed by atoms with van der Waals surface area (Å²) in [6.07, 6.45) is 1.82. The first-order valence-electron chi connectivity index (χ1n) is 10.8. The quantitative estimate of drug-likeness (QED) is 0.433. The summed E-state index contributed by atoms with van der Waals surface area (Å²) in [4.78, 5) is 26.4. The van der Waals surface area contributed by atoms with Crippen LogP contribution >= 0.6 is 0 Å². The number of hydrogen-bond acceptors (Lipinski definition) is 5. The Morgan fingerprint density at radius 1 is 1.12 bits per heavy atom. The molecule has 2 amide bonds. The molecule has 2 aromatic heterocycles. The summed E-state index contributed by atoms with van der Waals surface area (Å²) in [5.41, 5.74) is 3.64. The number of benzene rings is 2. The topological polar surface area (TPSA) is 129 Å². The number of carboxylic acid groups (broad SMARTS) is 1. The largest absolute Gasteiger partial charge is 0.465 e. The summed E-state index contributed by atoms with van der Waals surface area (Å²) < 4.78 is 1.65. The monoisotopic (exact) mass is 445 g/mol. The molecule has 3 N–H and O–H groups in total.